The number of esters is 1. The summed E-state index contributed by atoms with van der Waals surface area (Å²) < 4.78 is 5.13. The average molecular weight is 188 g/mol. The molecule has 0 fully saturated rings. The van der Waals surface area contributed by atoms with Crippen molar-refractivity contribution in [3.05, 3.63) is 41.0 Å². The molecule has 1 aromatic rings. The first kappa shape index (κ1) is 9.00. The maximum absolute atomic E-state index is 11.0. The van der Waals surface area contributed by atoms with Gasteiger partial charge in [0.05, 0.1) is 6.42 Å². The largest absolute Gasteiger partial charge is 0.426 e. The van der Waals surface area contributed by atoms with E-state index in [-0.39, 0.29) is 5.97 Å². The molecule has 0 bridgehead atoms. The Labute approximate surface area is 83.2 Å². The third-order valence-electron chi connectivity index (χ3n) is 2.41. The Morgan fingerprint density at radius 2 is 1.86 bits per heavy atom. The summed E-state index contributed by atoms with van der Waals surface area (Å²) >= 11 is 0. The van der Waals surface area contributed by atoms with Crippen LogP contribution in [0.3, 0.4) is 0 Å². The number of benzene rings is 1. The molecule has 2 heteroatoms. The fraction of sp³-hybridized carbons (Fsp3) is 0.250. The Hall–Kier alpha value is -1.57. The second-order valence-corrected chi connectivity index (χ2v) is 3.51. The summed E-state index contributed by atoms with van der Waals surface area (Å²) in [4.78, 5) is 11.0. The first-order valence-electron chi connectivity index (χ1n) is 4.66. The van der Waals surface area contributed by atoms with Crippen LogP contribution >= 0.6 is 0 Å². The highest BCUT2D eigenvalue weighted by Gasteiger charge is 2.18. The lowest BCUT2D eigenvalue weighted by molar-refractivity contribution is -0.134. The Balaban J connectivity index is 2.46. The molecule has 1 aliphatic heterocycles. The highest BCUT2D eigenvalue weighted by atomic mass is 16.5. The monoisotopic (exact) mass is 188 g/mol. The number of rotatable bonds is 1. The summed E-state index contributed by atoms with van der Waals surface area (Å²) in [5.74, 6) is 0.549. The van der Waals surface area contributed by atoms with Crippen LogP contribution < -0.4 is 0 Å². The van der Waals surface area contributed by atoms with Gasteiger partial charge in [-0.25, -0.2) is 0 Å². The number of cyclic esters (lactones) is 1. The third kappa shape index (κ3) is 1.43. The molecule has 14 heavy (non-hydrogen) atoms. The van der Waals surface area contributed by atoms with E-state index in [0.29, 0.717) is 12.2 Å². The molecule has 0 spiro atoms. The fourth-order valence-corrected chi connectivity index (χ4v) is 1.74. The molecule has 0 atom stereocenters. The molecular formula is C12H12O2. The summed E-state index contributed by atoms with van der Waals surface area (Å²) in [6.45, 7) is 4.05. The van der Waals surface area contributed by atoms with Gasteiger partial charge in [0.25, 0.3) is 0 Å². The fourth-order valence-electron chi connectivity index (χ4n) is 1.74. The Morgan fingerprint density at radius 1 is 1.21 bits per heavy atom. The predicted octanol–water partition coefficient (Wildman–Crippen LogP) is 2.59. The zero-order valence-electron chi connectivity index (χ0n) is 8.33. The zero-order valence-corrected chi connectivity index (χ0v) is 8.33. The van der Waals surface area contributed by atoms with E-state index in [9.17, 15) is 4.79 Å². The van der Waals surface area contributed by atoms with Crippen LogP contribution in [0.15, 0.2) is 24.3 Å². The van der Waals surface area contributed by atoms with Crippen molar-refractivity contribution in [3.63, 3.8) is 0 Å². The van der Waals surface area contributed by atoms with Crippen molar-refractivity contribution in [2.24, 2.45) is 0 Å². The quantitative estimate of drug-likeness (QED) is 0.633. The van der Waals surface area contributed by atoms with E-state index in [4.69, 9.17) is 4.74 Å². The molecule has 1 aromatic carbocycles. The molecule has 0 saturated heterocycles. The van der Waals surface area contributed by atoms with Gasteiger partial charge in [-0.05, 0) is 31.1 Å². The highest BCUT2D eigenvalue weighted by Crippen LogP contribution is 2.27. The van der Waals surface area contributed by atoms with Crippen molar-refractivity contribution in [1.82, 2.24) is 0 Å². The van der Waals surface area contributed by atoms with E-state index in [1.54, 1.807) is 0 Å². The normalized spacial score (nSPS) is 15.3. The van der Waals surface area contributed by atoms with Gasteiger partial charge in [0, 0.05) is 5.56 Å². The lowest BCUT2D eigenvalue weighted by atomic mass is 10.0. The lowest BCUT2D eigenvalue weighted by Gasteiger charge is -2.09. The molecule has 0 saturated carbocycles. The molecular weight excluding hydrogens is 176 g/mol. The summed E-state index contributed by atoms with van der Waals surface area (Å²) in [7, 11) is 0. The number of carbonyl (C=O) groups is 1. The molecule has 2 rings (SSSR count). The molecule has 0 radical (unpaired) electrons. The molecule has 2 nitrogen and oxygen atoms in total. The maximum Gasteiger partial charge on any atom is 0.315 e. The Bertz CT molecular complexity index is 396. The van der Waals surface area contributed by atoms with Gasteiger partial charge in [0.2, 0.25) is 0 Å². The van der Waals surface area contributed by atoms with Crippen LogP contribution in [0.5, 0.6) is 0 Å². The van der Waals surface area contributed by atoms with Crippen molar-refractivity contribution in [2.75, 3.05) is 0 Å². The lowest BCUT2D eigenvalue weighted by Crippen LogP contribution is -1.97. The molecule has 0 amide bonds. The van der Waals surface area contributed by atoms with Crippen LogP contribution in [0, 0.1) is 13.8 Å². The summed E-state index contributed by atoms with van der Waals surface area (Å²) in [6.07, 6.45) is 2.24. The van der Waals surface area contributed by atoms with Crippen LogP contribution in [-0.4, -0.2) is 5.97 Å². The molecule has 72 valence electrons. The minimum atomic E-state index is -0.164. The Morgan fingerprint density at radius 3 is 2.36 bits per heavy atom. The van der Waals surface area contributed by atoms with Gasteiger partial charge in [-0.3, -0.25) is 4.79 Å². The minimum absolute atomic E-state index is 0.164. The highest BCUT2D eigenvalue weighted by molar-refractivity contribution is 5.86. The van der Waals surface area contributed by atoms with Crippen molar-refractivity contribution in [3.8, 4) is 0 Å². The predicted molar refractivity (Wildman–Crippen MR) is 54.6 cm³/mol. The number of carbonyl (C=O) groups excluding carboxylic acids is 1. The van der Waals surface area contributed by atoms with Crippen molar-refractivity contribution in [1.29, 1.82) is 0 Å². The molecule has 1 aliphatic rings. The number of hydrogen-bond acceptors (Lipinski definition) is 2. The van der Waals surface area contributed by atoms with Crippen molar-refractivity contribution >= 4 is 11.7 Å². The van der Waals surface area contributed by atoms with Crippen LogP contribution in [0.25, 0.3) is 5.76 Å². The van der Waals surface area contributed by atoms with Crippen LogP contribution in [0.2, 0.25) is 0 Å². The SMILES string of the molecule is Cc1cccc(C)c1C1=CCC(=O)O1. The Kier molecular flexibility index (Phi) is 2.12. The minimum Gasteiger partial charge on any atom is -0.426 e. The maximum atomic E-state index is 11.0. The summed E-state index contributed by atoms with van der Waals surface area (Å²) in [5, 5.41) is 0. The van der Waals surface area contributed by atoms with Gasteiger partial charge in [0.1, 0.15) is 5.76 Å². The smallest absolute Gasteiger partial charge is 0.315 e. The number of ether oxygens (including phenoxy) is 1. The first-order chi connectivity index (χ1) is 6.68. The van der Waals surface area contributed by atoms with Gasteiger partial charge in [0.15, 0.2) is 0 Å². The van der Waals surface area contributed by atoms with E-state index < -0.39 is 0 Å². The van der Waals surface area contributed by atoms with Gasteiger partial charge >= 0.3 is 5.97 Å². The molecule has 0 aromatic heterocycles. The second kappa shape index (κ2) is 3.29. The number of hydrogen-bond donors (Lipinski definition) is 0. The molecule has 1 heterocycles. The average Bonchev–Trinajstić information content (AvgIpc) is 2.51. The van der Waals surface area contributed by atoms with Gasteiger partial charge in [-0.2, -0.15) is 0 Å². The van der Waals surface area contributed by atoms with Crippen molar-refractivity contribution in [2.45, 2.75) is 20.3 Å². The number of aryl methyl sites for hydroxylation is 2. The van der Waals surface area contributed by atoms with Crippen LogP contribution in [0.1, 0.15) is 23.1 Å². The van der Waals surface area contributed by atoms with Crippen molar-refractivity contribution < 1.29 is 9.53 Å². The van der Waals surface area contributed by atoms with E-state index in [1.165, 1.54) is 0 Å². The van der Waals surface area contributed by atoms with E-state index in [0.717, 1.165) is 16.7 Å². The third-order valence-corrected chi connectivity index (χ3v) is 2.41. The van der Waals surface area contributed by atoms with Crippen LogP contribution in [0.4, 0.5) is 0 Å². The van der Waals surface area contributed by atoms with Gasteiger partial charge < -0.3 is 4.74 Å². The van der Waals surface area contributed by atoms with E-state index in [1.807, 2.05) is 38.1 Å². The zero-order chi connectivity index (χ0) is 10.1. The topological polar surface area (TPSA) is 26.3 Å². The van der Waals surface area contributed by atoms with Gasteiger partial charge in [-0.15, -0.1) is 0 Å². The summed E-state index contributed by atoms with van der Waals surface area (Å²) in [6, 6.07) is 6.05. The van der Waals surface area contributed by atoms with E-state index in [2.05, 4.69) is 0 Å². The van der Waals surface area contributed by atoms with E-state index >= 15 is 0 Å². The first-order valence-corrected chi connectivity index (χ1v) is 4.66. The standard InChI is InChI=1S/C12H12O2/c1-8-4-3-5-9(2)12(8)10-6-7-11(13)14-10/h3-6H,7H2,1-2H3. The molecule has 0 unspecified atom stereocenters. The molecule has 0 aliphatic carbocycles. The summed E-state index contributed by atoms with van der Waals surface area (Å²) in [5.41, 5.74) is 3.34. The van der Waals surface area contributed by atoms with Gasteiger partial charge in [-0.1, -0.05) is 18.2 Å². The second-order valence-electron chi connectivity index (χ2n) is 3.51. The van der Waals surface area contributed by atoms with Crippen LogP contribution in [-0.2, 0) is 9.53 Å². The molecule has 0 N–H and O–H groups in total.